The van der Waals surface area contributed by atoms with Crippen LogP contribution < -0.4 is 5.32 Å². The van der Waals surface area contributed by atoms with Crippen molar-refractivity contribution in [3.63, 3.8) is 0 Å². The summed E-state index contributed by atoms with van der Waals surface area (Å²) in [5.41, 5.74) is 0.875. The molecule has 0 aliphatic carbocycles. The van der Waals surface area contributed by atoms with Crippen LogP contribution in [-0.4, -0.2) is 40.2 Å². The van der Waals surface area contributed by atoms with Crippen LogP contribution in [0.25, 0.3) is 0 Å². The number of nitrogens with one attached hydrogen (secondary N) is 1. The molecular weight excluding hydrogens is 288 g/mol. The largest absolute Gasteiger partial charge is 0.325 e. The van der Waals surface area contributed by atoms with Crippen LogP contribution in [0.3, 0.4) is 0 Å². The molecule has 0 radical (unpaired) electrons. The van der Waals surface area contributed by atoms with Crippen molar-refractivity contribution in [2.75, 3.05) is 18.4 Å². The minimum absolute atomic E-state index is 0.0556. The second-order valence-electron chi connectivity index (χ2n) is 4.67. The van der Waals surface area contributed by atoms with E-state index in [1.54, 1.807) is 29.2 Å². The number of nitriles is 1. The van der Waals surface area contributed by atoms with Crippen molar-refractivity contribution in [1.29, 1.82) is 5.26 Å². The summed E-state index contributed by atoms with van der Waals surface area (Å²) >= 11 is 1.34. The maximum Gasteiger partial charge on any atom is 0.242 e. The SMILES string of the molecule is N#Cc1ccccc1NC(=O)CC1SC2=NCCN2C1=O. The molecule has 2 amide bonds. The average Bonchev–Trinajstić information content (AvgIpc) is 3.04. The van der Waals surface area contributed by atoms with E-state index in [0.717, 1.165) is 5.17 Å². The van der Waals surface area contributed by atoms with Gasteiger partial charge in [0, 0.05) is 13.0 Å². The van der Waals surface area contributed by atoms with Gasteiger partial charge in [0.25, 0.3) is 0 Å². The quantitative estimate of drug-likeness (QED) is 0.909. The zero-order valence-corrected chi connectivity index (χ0v) is 11.9. The Morgan fingerprint density at radius 1 is 1.52 bits per heavy atom. The Labute approximate surface area is 125 Å². The Morgan fingerprint density at radius 3 is 3.10 bits per heavy atom. The lowest BCUT2D eigenvalue weighted by molar-refractivity contribution is -0.127. The molecule has 2 aliphatic heterocycles. The van der Waals surface area contributed by atoms with Gasteiger partial charge >= 0.3 is 0 Å². The van der Waals surface area contributed by atoms with Crippen LogP contribution in [0, 0.1) is 11.3 Å². The molecule has 0 aromatic heterocycles. The third-order valence-corrected chi connectivity index (χ3v) is 4.50. The fourth-order valence-corrected chi connectivity index (χ4v) is 3.46. The van der Waals surface area contributed by atoms with E-state index in [-0.39, 0.29) is 18.2 Å². The third kappa shape index (κ3) is 2.62. The van der Waals surface area contributed by atoms with Crippen molar-refractivity contribution in [3.05, 3.63) is 29.8 Å². The number of amidine groups is 1. The first-order valence-electron chi connectivity index (χ1n) is 6.50. The second-order valence-corrected chi connectivity index (χ2v) is 5.84. The molecule has 1 aromatic carbocycles. The molecule has 1 unspecified atom stereocenters. The first kappa shape index (κ1) is 13.6. The minimum atomic E-state index is -0.418. The Kier molecular flexibility index (Phi) is 3.62. The number of carbonyl (C=O) groups is 2. The Bertz CT molecular complexity index is 680. The number of nitrogens with zero attached hydrogens (tertiary/aromatic N) is 3. The van der Waals surface area contributed by atoms with E-state index in [2.05, 4.69) is 10.3 Å². The molecule has 21 heavy (non-hydrogen) atoms. The van der Waals surface area contributed by atoms with Crippen LogP contribution in [0.2, 0.25) is 0 Å². The van der Waals surface area contributed by atoms with E-state index >= 15 is 0 Å². The zero-order chi connectivity index (χ0) is 14.8. The molecule has 1 saturated heterocycles. The maximum absolute atomic E-state index is 12.1. The second kappa shape index (κ2) is 5.58. The van der Waals surface area contributed by atoms with Gasteiger partial charge in [-0.1, -0.05) is 23.9 Å². The van der Waals surface area contributed by atoms with Crippen LogP contribution in [0.5, 0.6) is 0 Å². The van der Waals surface area contributed by atoms with Gasteiger partial charge in [0.15, 0.2) is 5.17 Å². The highest BCUT2D eigenvalue weighted by atomic mass is 32.2. The molecule has 2 aliphatic rings. The highest BCUT2D eigenvalue weighted by Crippen LogP contribution is 2.31. The van der Waals surface area contributed by atoms with Crippen molar-refractivity contribution in [2.24, 2.45) is 4.99 Å². The number of para-hydroxylation sites is 1. The van der Waals surface area contributed by atoms with Gasteiger partial charge in [0.2, 0.25) is 11.8 Å². The number of carbonyl (C=O) groups excluding carboxylic acids is 2. The molecule has 2 heterocycles. The van der Waals surface area contributed by atoms with Crippen molar-refractivity contribution < 1.29 is 9.59 Å². The van der Waals surface area contributed by atoms with Crippen LogP contribution in [-0.2, 0) is 9.59 Å². The topological polar surface area (TPSA) is 85.6 Å². The molecule has 7 heteroatoms. The number of hydrogen-bond donors (Lipinski definition) is 1. The van der Waals surface area contributed by atoms with Crippen LogP contribution in [0.15, 0.2) is 29.3 Å². The van der Waals surface area contributed by atoms with Gasteiger partial charge in [-0.05, 0) is 12.1 Å². The fraction of sp³-hybridized carbons (Fsp3) is 0.286. The van der Waals surface area contributed by atoms with E-state index in [9.17, 15) is 9.59 Å². The monoisotopic (exact) mass is 300 g/mol. The van der Waals surface area contributed by atoms with Gasteiger partial charge in [-0.3, -0.25) is 19.5 Å². The highest BCUT2D eigenvalue weighted by molar-refractivity contribution is 8.15. The predicted octanol–water partition coefficient (Wildman–Crippen LogP) is 1.20. The van der Waals surface area contributed by atoms with Gasteiger partial charge in [-0.2, -0.15) is 5.26 Å². The van der Waals surface area contributed by atoms with Crippen molar-refractivity contribution in [1.82, 2.24) is 4.90 Å². The van der Waals surface area contributed by atoms with E-state index in [0.29, 0.717) is 24.3 Å². The molecule has 0 bridgehead atoms. The molecule has 1 atom stereocenters. The number of amides is 2. The van der Waals surface area contributed by atoms with Crippen LogP contribution in [0.4, 0.5) is 5.69 Å². The fourth-order valence-electron chi connectivity index (χ4n) is 2.27. The molecular formula is C14H12N4O2S. The lowest BCUT2D eigenvalue weighted by atomic mass is 10.2. The van der Waals surface area contributed by atoms with Gasteiger partial charge in [0.1, 0.15) is 11.3 Å². The number of aliphatic imine (C=N–C) groups is 1. The minimum Gasteiger partial charge on any atom is -0.325 e. The average molecular weight is 300 g/mol. The Balaban J connectivity index is 1.65. The third-order valence-electron chi connectivity index (χ3n) is 3.28. The van der Waals surface area contributed by atoms with Crippen molar-refractivity contribution in [2.45, 2.75) is 11.7 Å². The molecule has 106 valence electrons. The normalized spacial score (nSPS) is 20.0. The summed E-state index contributed by atoms with van der Waals surface area (Å²) in [5.74, 6) is -0.328. The van der Waals surface area contributed by atoms with Gasteiger partial charge in [0.05, 0.1) is 17.8 Å². The number of anilines is 1. The standard InChI is InChI=1S/C14H12N4O2S/c15-8-9-3-1-2-4-10(9)17-12(19)7-11-13(20)18-6-5-16-14(18)21-11/h1-4,11H,5-7H2,(H,17,19). The van der Waals surface area contributed by atoms with Gasteiger partial charge < -0.3 is 5.32 Å². The first-order valence-corrected chi connectivity index (χ1v) is 7.38. The smallest absolute Gasteiger partial charge is 0.242 e. The molecule has 0 saturated carbocycles. The van der Waals surface area contributed by atoms with Crippen LogP contribution >= 0.6 is 11.8 Å². The number of rotatable bonds is 3. The molecule has 0 spiro atoms. The lowest BCUT2D eigenvalue weighted by Crippen LogP contribution is -2.32. The summed E-state index contributed by atoms with van der Waals surface area (Å²) < 4.78 is 0. The number of fused-ring (bicyclic) bond motifs is 1. The number of hydrogen-bond acceptors (Lipinski definition) is 5. The molecule has 1 N–H and O–H groups in total. The maximum atomic E-state index is 12.1. The Morgan fingerprint density at radius 2 is 2.33 bits per heavy atom. The van der Waals surface area contributed by atoms with Crippen LogP contribution in [0.1, 0.15) is 12.0 Å². The summed E-state index contributed by atoms with van der Waals surface area (Å²) in [6.45, 7) is 1.25. The number of thioether (sulfide) groups is 1. The molecule has 1 fully saturated rings. The Hall–Kier alpha value is -2.33. The van der Waals surface area contributed by atoms with Crippen molar-refractivity contribution in [3.8, 4) is 6.07 Å². The summed E-state index contributed by atoms with van der Waals surface area (Å²) in [6.07, 6.45) is 0.0821. The van der Waals surface area contributed by atoms with E-state index in [1.165, 1.54) is 11.8 Å². The number of benzene rings is 1. The van der Waals surface area contributed by atoms with E-state index in [1.807, 2.05) is 6.07 Å². The summed E-state index contributed by atoms with van der Waals surface area (Å²) in [6, 6.07) is 8.81. The zero-order valence-electron chi connectivity index (χ0n) is 11.1. The molecule has 3 rings (SSSR count). The molecule has 6 nitrogen and oxygen atoms in total. The summed E-state index contributed by atoms with van der Waals surface area (Å²) in [7, 11) is 0. The van der Waals surface area contributed by atoms with E-state index < -0.39 is 5.25 Å². The summed E-state index contributed by atoms with van der Waals surface area (Å²) in [5, 5.41) is 12.0. The van der Waals surface area contributed by atoms with E-state index in [4.69, 9.17) is 5.26 Å². The molecule has 1 aromatic rings. The predicted molar refractivity (Wildman–Crippen MR) is 79.8 cm³/mol. The highest BCUT2D eigenvalue weighted by Gasteiger charge is 2.40. The summed E-state index contributed by atoms with van der Waals surface area (Å²) in [4.78, 5) is 30.0. The first-order chi connectivity index (χ1) is 10.2. The lowest BCUT2D eigenvalue weighted by Gasteiger charge is -2.11. The van der Waals surface area contributed by atoms with Gasteiger partial charge in [-0.25, -0.2) is 0 Å². The van der Waals surface area contributed by atoms with Crippen molar-refractivity contribution >= 4 is 34.4 Å². The van der Waals surface area contributed by atoms with Gasteiger partial charge in [-0.15, -0.1) is 0 Å².